The molecule has 1 rings (SSSR count). The highest BCUT2D eigenvalue weighted by atomic mass is 16.5. The molecule has 1 heterocycles. The third kappa shape index (κ3) is 3.18. The lowest BCUT2D eigenvalue weighted by Gasteiger charge is -2.26. The van der Waals surface area contributed by atoms with E-state index in [4.69, 9.17) is 4.74 Å². The van der Waals surface area contributed by atoms with Crippen LogP contribution in [-0.2, 0) is 9.53 Å². The molecule has 1 saturated heterocycles. The van der Waals surface area contributed by atoms with Crippen molar-refractivity contribution in [2.24, 2.45) is 5.41 Å². The smallest absolute Gasteiger partial charge is 0.226 e. The Morgan fingerprint density at radius 2 is 2.20 bits per heavy atom. The lowest BCUT2D eigenvalue weighted by molar-refractivity contribution is -0.128. The zero-order chi connectivity index (χ0) is 11.5. The van der Waals surface area contributed by atoms with Crippen molar-refractivity contribution in [2.45, 2.75) is 39.3 Å². The molecule has 88 valence electrons. The molecule has 0 aromatic carbocycles. The molecule has 1 amide bonds. The van der Waals surface area contributed by atoms with Crippen LogP contribution >= 0.6 is 0 Å². The summed E-state index contributed by atoms with van der Waals surface area (Å²) in [5.41, 5.74) is -0.364. The van der Waals surface area contributed by atoms with E-state index in [1.54, 1.807) is 7.05 Å². The maximum atomic E-state index is 11.5. The van der Waals surface area contributed by atoms with E-state index >= 15 is 0 Å². The average Bonchev–Trinajstić information content (AvgIpc) is 2.60. The van der Waals surface area contributed by atoms with Crippen molar-refractivity contribution in [1.82, 2.24) is 10.6 Å². The molecular formula is C11H22N2O2. The van der Waals surface area contributed by atoms with Crippen molar-refractivity contribution in [1.29, 1.82) is 0 Å². The number of amides is 1. The molecule has 1 aliphatic heterocycles. The van der Waals surface area contributed by atoms with Gasteiger partial charge in [-0.25, -0.2) is 0 Å². The molecule has 0 saturated carbocycles. The van der Waals surface area contributed by atoms with Gasteiger partial charge in [0.1, 0.15) is 0 Å². The summed E-state index contributed by atoms with van der Waals surface area (Å²) >= 11 is 0. The SMILES string of the molecule is CNC(=O)C(C)(C)CN[C@H]1CCO[C@@H]1C. The quantitative estimate of drug-likeness (QED) is 0.717. The van der Waals surface area contributed by atoms with Gasteiger partial charge < -0.3 is 15.4 Å². The lowest BCUT2D eigenvalue weighted by atomic mass is 9.91. The first kappa shape index (κ1) is 12.5. The van der Waals surface area contributed by atoms with Gasteiger partial charge in [-0.15, -0.1) is 0 Å². The molecule has 4 nitrogen and oxygen atoms in total. The van der Waals surface area contributed by atoms with Crippen LogP contribution in [0, 0.1) is 5.41 Å². The van der Waals surface area contributed by atoms with Crippen LogP contribution in [-0.4, -0.2) is 38.3 Å². The van der Waals surface area contributed by atoms with Gasteiger partial charge >= 0.3 is 0 Å². The Hall–Kier alpha value is -0.610. The molecule has 2 atom stereocenters. The van der Waals surface area contributed by atoms with E-state index in [9.17, 15) is 4.79 Å². The summed E-state index contributed by atoms with van der Waals surface area (Å²) in [6.07, 6.45) is 1.29. The van der Waals surface area contributed by atoms with Crippen molar-refractivity contribution >= 4 is 5.91 Å². The Balaban J connectivity index is 2.38. The standard InChI is InChI=1S/C11H22N2O2/c1-8-9(5-6-15-8)13-7-11(2,3)10(14)12-4/h8-9,13H,5-7H2,1-4H3,(H,12,14)/t8-,9+/m1/s1. The van der Waals surface area contributed by atoms with Crippen molar-refractivity contribution in [3.63, 3.8) is 0 Å². The summed E-state index contributed by atoms with van der Waals surface area (Å²) in [5.74, 6) is 0.0709. The lowest BCUT2D eigenvalue weighted by Crippen LogP contribution is -2.46. The summed E-state index contributed by atoms with van der Waals surface area (Å²) < 4.78 is 5.45. The molecule has 0 aromatic rings. The van der Waals surface area contributed by atoms with Crippen LogP contribution < -0.4 is 10.6 Å². The molecule has 1 fully saturated rings. The molecule has 0 aromatic heterocycles. The first-order chi connectivity index (χ1) is 6.97. The van der Waals surface area contributed by atoms with Crippen molar-refractivity contribution in [2.75, 3.05) is 20.2 Å². The van der Waals surface area contributed by atoms with Crippen LogP contribution in [0.15, 0.2) is 0 Å². The van der Waals surface area contributed by atoms with Gasteiger partial charge in [-0.1, -0.05) is 0 Å². The normalized spacial score (nSPS) is 26.7. The first-order valence-electron chi connectivity index (χ1n) is 5.54. The number of nitrogens with one attached hydrogen (secondary N) is 2. The van der Waals surface area contributed by atoms with Gasteiger partial charge in [0.25, 0.3) is 0 Å². The summed E-state index contributed by atoms with van der Waals surface area (Å²) in [5, 5.41) is 6.08. The number of hydrogen-bond donors (Lipinski definition) is 2. The summed E-state index contributed by atoms with van der Waals surface area (Å²) in [7, 11) is 1.67. The molecule has 0 spiro atoms. The van der Waals surface area contributed by atoms with Crippen LogP contribution in [0.25, 0.3) is 0 Å². The Bertz CT molecular complexity index is 229. The Morgan fingerprint density at radius 1 is 1.53 bits per heavy atom. The second kappa shape index (κ2) is 4.94. The Kier molecular flexibility index (Phi) is 4.11. The fourth-order valence-corrected chi connectivity index (χ4v) is 1.80. The van der Waals surface area contributed by atoms with Gasteiger partial charge in [0.15, 0.2) is 0 Å². The number of ether oxygens (including phenoxy) is 1. The van der Waals surface area contributed by atoms with Gasteiger partial charge in [0.2, 0.25) is 5.91 Å². The predicted octanol–water partition coefficient (Wildman–Crippen LogP) is 0.526. The number of rotatable bonds is 4. The van der Waals surface area contributed by atoms with E-state index in [1.165, 1.54) is 0 Å². The largest absolute Gasteiger partial charge is 0.377 e. The first-order valence-corrected chi connectivity index (χ1v) is 5.54. The minimum atomic E-state index is -0.364. The van der Waals surface area contributed by atoms with Crippen LogP contribution in [0.5, 0.6) is 0 Å². The maximum Gasteiger partial charge on any atom is 0.226 e. The minimum Gasteiger partial charge on any atom is -0.377 e. The average molecular weight is 214 g/mol. The van der Waals surface area contributed by atoms with Gasteiger partial charge in [-0.3, -0.25) is 4.79 Å². The van der Waals surface area contributed by atoms with Gasteiger partial charge in [-0.2, -0.15) is 0 Å². The molecule has 0 aliphatic carbocycles. The van der Waals surface area contributed by atoms with Gasteiger partial charge in [-0.05, 0) is 27.2 Å². The van der Waals surface area contributed by atoms with E-state index in [1.807, 2.05) is 13.8 Å². The highest BCUT2D eigenvalue weighted by molar-refractivity contribution is 5.81. The summed E-state index contributed by atoms with van der Waals surface area (Å²) in [6.45, 7) is 7.46. The van der Waals surface area contributed by atoms with Crippen molar-refractivity contribution < 1.29 is 9.53 Å². The molecule has 0 radical (unpaired) electrons. The maximum absolute atomic E-state index is 11.5. The predicted molar refractivity (Wildman–Crippen MR) is 59.7 cm³/mol. The molecule has 15 heavy (non-hydrogen) atoms. The summed E-state index contributed by atoms with van der Waals surface area (Å²) in [6, 6.07) is 0.383. The highest BCUT2D eigenvalue weighted by Crippen LogP contribution is 2.17. The third-order valence-corrected chi connectivity index (χ3v) is 3.02. The van der Waals surface area contributed by atoms with Crippen molar-refractivity contribution in [3.8, 4) is 0 Å². The second-order valence-electron chi connectivity index (χ2n) is 4.81. The highest BCUT2D eigenvalue weighted by Gasteiger charge is 2.30. The molecule has 1 aliphatic rings. The number of carbonyl (C=O) groups is 1. The van der Waals surface area contributed by atoms with Crippen LogP contribution in [0.1, 0.15) is 27.2 Å². The van der Waals surface area contributed by atoms with Gasteiger partial charge in [0.05, 0.1) is 11.5 Å². The third-order valence-electron chi connectivity index (χ3n) is 3.02. The van der Waals surface area contributed by atoms with E-state index < -0.39 is 0 Å². The van der Waals surface area contributed by atoms with Gasteiger partial charge in [0, 0.05) is 26.2 Å². The number of carbonyl (C=O) groups excluding carboxylic acids is 1. The Morgan fingerprint density at radius 3 is 2.67 bits per heavy atom. The molecule has 0 bridgehead atoms. The zero-order valence-corrected chi connectivity index (χ0v) is 10.1. The molecule has 2 N–H and O–H groups in total. The van der Waals surface area contributed by atoms with E-state index in [-0.39, 0.29) is 17.4 Å². The minimum absolute atomic E-state index is 0.0709. The fraction of sp³-hybridized carbons (Fsp3) is 0.909. The topological polar surface area (TPSA) is 50.4 Å². The second-order valence-corrected chi connectivity index (χ2v) is 4.81. The van der Waals surface area contributed by atoms with Crippen LogP contribution in [0.3, 0.4) is 0 Å². The summed E-state index contributed by atoms with van der Waals surface area (Å²) in [4.78, 5) is 11.5. The number of hydrogen-bond acceptors (Lipinski definition) is 3. The fourth-order valence-electron chi connectivity index (χ4n) is 1.80. The van der Waals surface area contributed by atoms with Crippen molar-refractivity contribution in [3.05, 3.63) is 0 Å². The molecule has 0 unspecified atom stereocenters. The Labute approximate surface area is 91.8 Å². The van der Waals surface area contributed by atoms with Crippen LogP contribution in [0.2, 0.25) is 0 Å². The van der Waals surface area contributed by atoms with E-state index in [0.29, 0.717) is 12.6 Å². The van der Waals surface area contributed by atoms with E-state index in [2.05, 4.69) is 17.6 Å². The molecular weight excluding hydrogens is 192 g/mol. The van der Waals surface area contributed by atoms with E-state index in [0.717, 1.165) is 13.0 Å². The molecule has 4 heteroatoms. The van der Waals surface area contributed by atoms with Crippen LogP contribution in [0.4, 0.5) is 0 Å². The monoisotopic (exact) mass is 214 g/mol. The zero-order valence-electron chi connectivity index (χ0n) is 10.1.